The summed E-state index contributed by atoms with van der Waals surface area (Å²) in [5.41, 5.74) is -3.60. The monoisotopic (exact) mass is 587 g/mol. The molecule has 1 aromatic heterocycles. The van der Waals surface area contributed by atoms with Gasteiger partial charge >= 0.3 is 13.4 Å². The average Bonchev–Trinajstić information content (AvgIpc) is 3.13. The average molecular weight is 588 g/mol. The van der Waals surface area contributed by atoms with E-state index in [9.17, 15) is 34.3 Å². The predicted molar refractivity (Wildman–Crippen MR) is 143 cm³/mol. The number of hydrogen-bond donors (Lipinski definition) is 5. The molecule has 15 heteroatoms. The molecule has 13 nitrogen and oxygen atoms in total. The van der Waals surface area contributed by atoms with Crippen LogP contribution in [-0.4, -0.2) is 73.4 Å². The fourth-order valence-corrected chi connectivity index (χ4v) is 5.86. The maximum absolute atomic E-state index is 13.6. The van der Waals surface area contributed by atoms with Crippen molar-refractivity contribution in [1.82, 2.24) is 14.6 Å². The lowest BCUT2D eigenvalue weighted by molar-refractivity contribution is -0.119. The molecule has 3 rings (SSSR count). The Morgan fingerprint density at radius 3 is 2.59 bits per heavy atom. The number of aliphatic hydroxyl groups is 3. The largest absolute Gasteiger partial charge is 0.405 e. The van der Waals surface area contributed by atoms with Gasteiger partial charge in [-0.05, 0) is 26.3 Å². The maximum Gasteiger partial charge on any atom is 0.405 e. The first-order valence-electron chi connectivity index (χ1n) is 12.1. The number of hydrogen-bond acceptors (Lipinski definition) is 11. The normalized spacial score (nSPS) is 24.9. The van der Waals surface area contributed by atoms with E-state index < -0.39 is 55.1 Å². The Morgan fingerprint density at radius 1 is 1.26 bits per heavy atom. The number of aliphatic hydroxyl groups excluding tert-OH is 2. The summed E-state index contributed by atoms with van der Waals surface area (Å²) in [6.45, 7) is 3.63. The fraction of sp³-hybridized carbons (Fsp3) is 0.542. The fourth-order valence-electron chi connectivity index (χ4n) is 3.63. The summed E-state index contributed by atoms with van der Waals surface area (Å²) in [6, 6.07) is 10.1. The van der Waals surface area contributed by atoms with Gasteiger partial charge in [-0.15, -0.1) is 0 Å². The molecule has 1 aliphatic heterocycles. The predicted octanol–water partition coefficient (Wildman–Crippen LogP) is 0.755. The van der Waals surface area contributed by atoms with Gasteiger partial charge in [0.05, 0.1) is 25.2 Å². The van der Waals surface area contributed by atoms with Gasteiger partial charge in [0, 0.05) is 24.6 Å². The van der Waals surface area contributed by atoms with Crippen molar-refractivity contribution in [3.63, 3.8) is 0 Å². The highest BCUT2D eigenvalue weighted by Gasteiger charge is 2.54. The summed E-state index contributed by atoms with van der Waals surface area (Å²) in [4.78, 5) is 37.9. The number of H-pyrrole nitrogens is 1. The Labute approximate surface area is 229 Å². The van der Waals surface area contributed by atoms with Crippen LogP contribution < -0.4 is 16.3 Å². The smallest absolute Gasteiger partial charge is 0.395 e. The zero-order valence-electron chi connectivity index (χ0n) is 21.8. The van der Waals surface area contributed by atoms with Crippen molar-refractivity contribution in [2.45, 2.75) is 51.4 Å². The number of rotatable bonds is 13. The zero-order valence-corrected chi connectivity index (χ0v) is 23.5. The Balaban J connectivity index is 1.69. The number of benzene rings is 1. The van der Waals surface area contributed by atoms with Crippen molar-refractivity contribution in [2.75, 3.05) is 25.6 Å². The van der Waals surface area contributed by atoms with E-state index in [2.05, 4.69) is 10.1 Å². The molecule has 0 aliphatic carbocycles. The van der Waals surface area contributed by atoms with Gasteiger partial charge in [-0.1, -0.05) is 42.1 Å². The second-order valence-corrected chi connectivity index (χ2v) is 12.7. The number of aromatic nitrogens is 2. The van der Waals surface area contributed by atoms with Crippen LogP contribution >= 0.6 is 19.5 Å². The molecule has 5 N–H and O–H groups in total. The molecule has 0 bridgehead atoms. The quantitative estimate of drug-likeness (QED) is 0.164. The van der Waals surface area contributed by atoms with E-state index in [1.165, 1.54) is 6.92 Å². The molecule has 1 aromatic carbocycles. The molecule has 5 atom stereocenters. The standard InChI is InChI=1S/C24H34N3O10PS/c1-23(2,15-28)21(31)39-12-11-35-38(34,25-13-16-7-5-4-6-8-16)36-14-17-19(30)24(3,33)20(37-17)27-10-9-18(29)26-22(27)32/h4-10,17,19-20,28,30,33H,11-15H2,1-3H3,(H,25,34)(H,26,29,32)/t17-,19-,20-,24-,38?/m1/s1. The molecule has 2 aromatic rings. The van der Waals surface area contributed by atoms with Crippen molar-refractivity contribution < 1.29 is 38.5 Å². The van der Waals surface area contributed by atoms with Crippen molar-refractivity contribution in [3.8, 4) is 0 Å². The van der Waals surface area contributed by atoms with E-state index in [1.54, 1.807) is 38.1 Å². The first kappa shape index (κ1) is 31.4. The summed E-state index contributed by atoms with van der Waals surface area (Å²) in [6.07, 6.45) is -3.03. The number of ether oxygens (including phenoxy) is 1. The molecule has 1 unspecified atom stereocenters. The number of carbonyl (C=O) groups excluding carboxylic acids is 1. The summed E-state index contributed by atoms with van der Waals surface area (Å²) in [5.74, 6) is 0.136. The lowest BCUT2D eigenvalue weighted by Gasteiger charge is -2.27. The molecular weight excluding hydrogens is 553 g/mol. The molecular formula is C24H34N3O10PS. The van der Waals surface area contributed by atoms with Crippen LogP contribution in [0.2, 0.25) is 0 Å². The van der Waals surface area contributed by atoms with Crippen molar-refractivity contribution in [3.05, 3.63) is 69.0 Å². The second kappa shape index (κ2) is 13.0. The van der Waals surface area contributed by atoms with Crippen molar-refractivity contribution in [2.24, 2.45) is 5.41 Å². The van der Waals surface area contributed by atoms with E-state index in [-0.39, 0.29) is 30.6 Å². The molecule has 1 fully saturated rings. The van der Waals surface area contributed by atoms with E-state index in [0.29, 0.717) is 0 Å². The van der Waals surface area contributed by atoms with Crippen LogP contribution in [0.1, 0.15) is 32.6 Å². The van der Waals surface area contributed by atoms with Crippen molar-refractivity contribution in [1.29, 1.82) is 0 Å². The van der Waals surface area contributed by atoms with E-state index in [4.69, 9.17) is 13.8 Å². The first-order valence-corrected chi connectivity index (χ1v) is 14.7. The van der Waals surface area contributed by atoms with Crippen LogP contribution in [0, 0.1) is 5.41 Å². The van der Waals surface area contributed by atoms with E-state index in [1.807, 2.05) is 6.07 Å². The topological polar surface area (TPSA) is 189 Å². The number of nitrogens with one attached hydrogen (secondary N) is 2. The van der Waals surface area contributed by atoms with Crippen LogP contribution in [0.4, 0.5) is 0 Å². The highest BCUT2D eigenvalue weighted by Crippen LogP contribution is 2.46. The van der Waals surface area contributed by atoms with Gasteiger partial charge < -0.3 is 20.1 Å². The molecule has 0 amide bonds. The number of aromatic amines is 1. The minimum Gasteiger partial charge on any atom is -0.395 e. The Kier molecular flexibility index (Phi) is 10.5. The Morgan fingerprint density at radius 2 is 1.95 bits per heavy atom. The van der Waals surface area contributed by atoms with Gasteiger partial charge in [-0.25, -0.2) is 14.4 Å². The van der Waals surface area contributed by atoms with Gasteiger partial charge in [0.2, 0.25) is 0 Å². The highest BCUT2D eigenvalue weighted by molar-refractivity contribution is 8.13. The summed E-state index contributed by atoms with van der Waals surface area (Å²) < 4.78 is 31.3. The Bertz CT molecular complexity index is 1280. The molecule has 216 valence electrons. The molecule has 1 aliphatic rings. The Hall–Kier alpha value is -2.13. The lowest BCUT2D eigenvalue weighted by atomic mass is 9.96. The van der Waals surface area contributed by atoms with Gasteiger partial charge in [0.15, 0.2) is 11.3 Å². The number of thioether (sulfide) groups is 1. The molecule has 1 saturated heterocycles. The van der Waals surface area contributed by atoms with Gasteiger partial charge in [0.1, 0.15) is 17.8 Å². The van der Waals surface area contributed by atoms with Gasteiger partial charge in [0.25, 0.3) is 5.56 Å². The van der Waals surface area contributed by atoms with Crippen molar-refractivity contribution >= 4 is 24.6 Å². The second-order valence-electron chi connectivity index (χ2n) is 9.84. The van der Waals surface area contributed by atoms with Crippen LogP contribution in [0.25, 0.3) is 0 Å². The van der Waals surface area contributed by atoms with E-state index >= 15 is 0 Å². The van der Waals surface area contributed by atoms with Crippen LogP contribution in [0.5, 0.6) is 0 Å². The number of carbonyl (C=O) groups is 1. The van der Waals surface area contributed by atoms with Crippen LogP contribution in [-0.2, 0) is 29.7 Å². The van der Waals surface area contributed by atoms with E-state index in [0.717, 1.165) is 34.2 Å². The van der Waals surface area contributed by atoms with Gasteiger partial charge in [-0.3, -0.25) is 28.2 Å². The molecule has 0 spiro atoms. The highest BCUT2D eigenvalue weighted by atomic mass is 32.2. The molecule has 39 heavy (non-hydrogen) atoms. The minimum atomic E-state index is -4.03. The lowest BCUT2D eigenvalue weighted by Crippen LogP contribution is -2.46. The maximum atomic E-state index is 13.6. The number of nitrogens with zero attached hydrogens (tertiary/aromatic N) is 1. The first-order chi connectivity index (χ1) is 18.3. The third-order valence-corrected chi connectivity index (χ3v) is 8.85. The minimum absolute atomic E-state index is 0.114. The third-order valence-electron chi connectivity index (χ3n) is 6.11. The SMILES string of the molecule is CC(C)(CO)C(=O)SCCOP(=O)(NCc1ccccc1)OC[C@H]1O[C@@H](n2ccc(=O)[nH]c2=O)[C@](C)(O)[C@@H]1O. The zero-order chi connectivity index (χ0) is 28.8. The third kappa shape index (κ3) is 7.97. The summed E-state index contributed by atoms with van der Waals surface area (Å²) in [5, 5.41) is 33.4. The van der Waals surface area contributed by atoms with Crippen LogP contribution in [0.15, 0.2) is 52.2 Å². The van der Waals surface area contributed by atoms with Crippen LogP contribution in [0.3, 0.4) is 0 Å². The summed E-state index contributed by atoms with van der Waals surface area (Å²) >= 11 is 0.923. The molecule has 0 saturated carbocycles. The van der Waals surface area contributed by atoms with Gasteiger partial charge in [-0.2, -0.15) is 0 Å². The molecule has 2 heterocycles. The summed E-state index contributed by atoms with van der Waals surface area (Å²) in [7, 11) is -4.03. The molecule has 0 radical (unpaired) electrons.